The highest BCUT2D eigenvalue weighted by Crippen LogP contribution is 2.23. The van der Waals surface area contributed by atoms with Crippen molar-refractivity contribution in [3.05, 3.63) is 0 Å². The molecule has 2 saturated heterocycles. The molecule has 2 fully saturated rings. The molecular formula is C16H33N3. The normalized spacial score (nSPS) is 33.2. The Kier molecular flexibility index (Phi) is 5.27. The molecule has 2 rings (SSSR count). The van der Waals surface area contributed by atoms with E-state index < -0.39 is 0 Å². The maximum Gasteiger partial charge on any atom is 0.0198 e. The fourth-order valence-electron chi connectivity index (χ4n) is 3.72. The van der Waals surface area contributed by atoms with E-state index in [1.807, 2.05) is 0 Å². The molecule has 3 heteroatoms. The summed E-state index contributed by atoms with van der Waals surface area (Å²) in [5.41, 5.74) is 0. The van der Waals surface area contributed by atoms with Crippen LogP contribution in [-0.4, -0.2) is 72.6 Å². The molecule has 0 spiro atoms. The third-order valence-corrected chi connectivity index (χ3v) is 5.17. The lowest BCUT2D eigenvalue weighted by Gasteiger charge is -2.47. The Morgan fingerprint density at radius 3 is 2.00 bits per heavy atom. The molecule has 0 aliphatic carbocycles. The average Bonchev–Trinajstić information content (AvgIpc) is 2.35. The van der Waals surface area contributed by atoms with Crippen LogP contribution in [0.2, 0.25) is 0 Å². The topological polar surface area (TPSA) is 9.72 Å². The molecule has 0 saturated carbocycles. The maximum absolute atomic E-state index is 2.77. The Bertz CT molecular complexity index is 259. The summed E-state index contributed by atoms with van der Waals surface area (Å²) in [4.78, 5) is 7.88. The van der Waals surface area contributed by atoms with Crippen LogP contribution in [0.15, 0.2) is 0 Å². The van der Waals surface area contributed by atoms with Crippen molar-refractivity contribution in [2.45, 2.75) is 58.7 Å². The van der Waals surface area contributed by atoms with E-state index in [2.05, 4.69) is 49.4 Å². The molecule has 0 unspecified atom stereocenters. The number of piperazine rings is 1. The second-order valence-electron chi connectivity index (χ2n) is 7.19. The lowest BCUT2D eigenvalue weighted by atomic mass is 9.94. The third kappa shape index (κ3) is 3.93. The molecular weight excluding hydrogens is 234 g/mol. The minimum Gasteiger partial charge on any atom is -0.306 e. The van der Waals surface area contributed by atoms with E-state index >= 15 is 0 Å². The summed E-state index contributed by atoms with van der Waals surface area (Å²) < 4.78 is 0. The van der Waals surface area contributed by atoms with Crippen LogP contribution in [0.5, 0.6) is 0 Å². The van der Waals surface area contributed by atoms with Gasteiger partial charge in [-0.25, -0.2) is 0 Å². The summed E-state index contributed by atoms with van der Waals surface area (Å²) in [6.07, 6.45) is 2.78. The number of rotatable bonds is 3. The van der Waals surface area contributed by atoms with Crippen LogP contribution >= 0.6 is 0 Å². The lowest BCUT2D eigenvalue weighted by molar-refractivity contribution is 0.00753. The molecule has 0 N–H and O–H groups in total. The first-order valence-corrected chi connectivity index (χ1v) is 8.15. The quantitative estimate of drug-likeness (QED) is 0.775. The van der Waals surface area contributed by atoms with Gasteiger partial charge in [0.2, 0.25) is 0 Å². The minimum atomic E-state index is 0.690. The first kappa shape index (κ1) is 15.3. The number of hydrogen-bond acceptors (Lipinski definition) is 3. The predicted molar refractivity (Wildman–Crippen MR) is 82.6 cm³/mol. The predicted octanol–water partition coefficient (Wildman–Crippen LogP) is 2.13. The molecule has 2 aliphatic rings. The van der Waals surface area contributed by atoms with E-state index in [1.54, 1.807) is 0 Å². The summed E-state index contributed by atoms with van der Waals surface area (Å²) in [6, 6.07) is 2.12. The zero-order valence-electron chi connectivity index (χ0n) is 13.6. The van der Waals surface area contributed by atoms with Crippen LogP contribution in [0.3, 0.4) is 0 Å². The molecule has 0 amide bonds. The Morgan fingerprint density at radius 1 is 1.00 bits per heavy atom. The summed E-state index contributed by atoms with van der Waals surface area (Å²) in [5.74, 6) is 0.923. The van der Waals surface area contributed by atoms with Gasteiger partial charge < -0.3 is 4.90 Å². The van der Waals surface area contributed by atoms with Crippen molar-refractivity contribution in [1.29, 1.82) is 0 Å². The summed E-state index contributed by atoms with van der Waals surface area (Å²) in [5, 5.41) is 0. The molecule has 3 nitrogen and oxygen atoms in total. The van der Waals surface area contributed by atoms with Gasteiger partial charge in [-0.15, -0.1) is 0 Å². The molecule has 0 bridgehead atoms. The molecule has 0 aromatic heterocycles. The van der Waals surface area contributed by atoms with Crippen LogP contribution in [0.25, 0.3) is 0 Å². The monoisotopic (exact) mass is 267 g/mol. The Morgan fingerprint density at radius 2 is 1.53 bits per heavy atom. The number of nitrogens with zero attached hydrogens (tertiary/aromatic N) is 3. The Hall–Kier alpha value is -0.120. The molecule has 0 radical (unpaired) electrons. The Labute approximate surface area is 119 Å². The number of piperidine rings is 1. The third-order valence-electron chi connectivity index (χ3n) is 5.17. The fourth-order valence-corrected chi connectivity index (χ4v) is 3.72. The number of hydrogen-bond donors (Lipinski definition) is 0. The van der Waals surface area contributed by atoms with Crippen molar-refractivity contribution in [3.63, 3.8) is 0 Å². The van der Waals surface area contributed by atoms with Crippen LogP contribution in [0, 0.1) is 5.92 Å². The lowest BCUT2D eigenvalue weighted by Crippen LogP contribution is -2.59. The van der Waals surface area contributed by atoms with Crippen molar-refractivity contribution in [1.82, 2.24) is 14.7 Å². The highest BCUT2D eigenvalue weighted by Gasteiger charge is 2.32. The van der Waals surface area contributed by atoms with Gasteiger partial charge >= 0.3 is 0 Å². The van der Waals surface area contributed by atoms with Crippen LogP contribution in [0.4, 0.5) is 0 Å². The Balaban J connectivity index is 1.86. The van der Waals surface area contributed by atoms with Crippen molar-refractivity contribution in [3.8, 4) is 0 Å². The van der Waals surface area contributed by atoms with Gasteiger partial charge in [-0.05, 0) is 66.6 Å². The number of likely N-dealkylation sites (tertiary alicyclic amines) is 1. The van der Waals surface area contributed by atoms with E-state index in [0.29, 0.717) is 18.1 Å². The fraction of sp³-hybridized carbons (Fsp3) is 1.00. The highest BCUT2D eigenvalue weighted by atomic mass is 15.3. The van der Waals surface area contributed by atoms with Gasteiger partial charge in [0.05, 0.1) is 0 Å². The summed E-state index contributed by atoms with van der Waals surface area (Å²) >= 11 is 0. The van der Waals surface area contributed by atoms with E-state index in [9.17, 15) is 0 Å². The summed E-state index contributed by atoms with van der Waals surface area (Å²) in [6.45, 7) is 15.9. The molecule has 2 heterocycles. The smallest absolute Gasteiger partial charge is 0.0198 e. The van der Waals surface area contributed by atoms with E-state index in [-0.39, 0.29) is 0 Å². The molecule has 19 heavy (non-hydrogen) atoms. The zero-order valence-corrected chi connectivity index (χ0v) is 13.6. The van der Waals surface area contributed by atoms with E-state index in [1.165, 1.54) is 45.6 Å². The highest BCUT2D eigenvalue weighted by molar-refractivity contribution is 4.88. The van der Waals surface area contributed by atoms with Gasteiger partial charge in [0.25, 0.3) is 0 Å². The van der Waals surface area contributed by atoms with Crippen LogP contribution in [-0.2, 0) is 0 Å². The second kappa shape index (κ2) is 6.55. The van der Waals surface area contributed by atoms with Gasteiger partial charge in [0.1, 0.15) is 0 Å². The second-order valence-corrected chi connectivity index (χ2v) is 7.19. The van der Waals surface area contributed by atoms with Crippen molar-refractivity contribution >= 4 is 0 Å². The molecule has 0 aromatic rings. The average molecular weight is 267 g/mol. The van der Waals surface area contributed by atoms with E-state index in [4.69, 9.17) is 0 Å². The summed E-state index contributed by atoms with van der Waals surface area (Å²) in [7, 11) is 2.25. The van der Waals surface area contributed by atoms with Gasteiger partial charge in [-0.2, -0.15) is 0 Å². The van der Waals surface area contributed by atoms with Crippen molar-refractivity contribution < 1.29 is 0 Å². The SMILES string of the molecule is CC(C)N1C[C@@H](C)N(CC2CCN(C)CC2)[C@@H](C)C1. The molecule has 0 aromatic carbocycles. The zero-order chi connectivity index (χ0) is 14.0. The minimum absolute atomic E-state index is 0.690. The van der Waals surface area contributed by atoms with Gasteiger partial charge in [-0.3, -0.25) is 9.80 Å². The van der Waals surface area contributed by atoms with E-state index in [0.717, 1.165) is 5.92 Å². The first-order valence-electron chi connectivity index (χ1n) is 8.15. The van der Waals surface area contributed by atoms with Gasteiger partial charge in [0.15, 0.2) is 0 Å². The van der Waals surface area contributed by atoms with Crippen molar-refractivity contribution in [2.24, 2.45) is 5.92 Å². The molecule has 2 aliphatic heterocycles. The maximum atomic E-state index is 2.77. The van der Waals surface area contributed by atoms with Crippen LogP contribution in [0.1, 0.15) is 40.5 Å². The molecule has 2 atom stereocenters. The molecule has 112 valence electrons. The van der Waals surface area contributed by atoms with Crippen LogP contribution < -0.4 is 0 Å². The van der Waals surface area contributed by atoms with Crippen molar-refractivity contribution in [2.75, 3.05) is 39.8 Å². The van der Waals surface area contributed by atoms with Gasteiger partial charge in [0, 0.05) is 37.8 Å². The largest absolute Gasteiger partial charge is 0.306 e. The standard InChI is InChI=1S/C16H33N3/c1-13(2)18-10-14(3)19(15(4)11-18)12-16-6-8-17(5)9-7-16/h13-16H,6-12H2,1-5H3/t14-,15+. The van der Waals surface area contributed by atoms with Gasteiger partial charge in [-0.1, -0.05) is 0 Å². The first-order chi connectivity index (χ1) is 8.97.